The van der Waals surface area contributed by atoms with Crippen molar-refractivity contribution in [3.8, 4) is 29.4 Å². The van der Waals surface area contributed by atoms with Gasteiger partial charge in [-0.25, -0.2) is 26.3 Å². The van der Waals surface area contributed by atoms with Crippen molar-refractivity contribution in [3.63, 3.8) is 0 Å². The summed E-state index contributed by atoms with van der Waals surface area (Å²) >= 11 is 0. The molecule has 0 aliphatic carbocycles. The number of rotatable bonds is 6. The van der Waals surface area contributed by atoms with Gasteiger partial charge in [0.2, 0.25) is 0 Å². The van der Waals surface area contributed by atoms with Crippen molar-refractivity contribution in [1.29, 1.82) is 0 Å². The van der Waals surface area contributed by atoms with E-state index in [1.54, 1.807) is 12.1 Å². The first kappa shape index (κ1) is 30.0. The van der Waals surface area contributed by atoms with Gasteiger partial charge in [0.05, 0.1) is 11.1 Å². The summed E-state index contributed by atoms with van der Waals surface area (Å²) < 4.78 is 117. The number of alkyl halides is 2. The van der Waals surface area contributed by atoms with Gasteiger partial charge in [0.25, 0.3) is 0 Å². The summed E-state index contributed by atoms with van der Waals surface area (Å²) in [4.78, 5) is 0. The lowest BCUT2D eigenvalue weighted by Crippen LogP contribution is -2.23. The van der Waals surface area contributed by atoms with Crippen LogP contribution in [0.25, 0.3) is 0 Å². The molecular weight excluding hydrogens is 564 g/mol. The van der Waals surface area contributed by atoms with Crippen molar-refractivity contribution < 1.29 is 39.9 Å². The maximum atomic E-state index is 14.8. The molecular formula is C33H18F8O. The Bertz CT molecular complexity index is 1760. The minimum absolute atomic E-state index is 0.00271. The number of benzene rings is 4. The van der Waals surface area contributed by atoms with Gasteiger partial charge in [-0.05, 0) is 73.0 Å². The van der Waals surface area contributed by atoms with E-state index in [-0.39, 0.29) is 22.3 Å². The zero-order chi connectivity index (χ0) is 30.4. The molecule has 0 atom stereocenters. The molecule has 4 rings (SSSR count). The van der Waals surface area contributed by atoms with E-state index in [9.17, 15) is 35.1 Å². The standard InChI is InChI=1S/C33H18F8O/c1-2-3-4-20-5-9-23(27(34)15-20)10-6-21-8-14-26(29(36)16-21)33(40,41)42-25-13-12-24(28(35)19-25)11-7-22-17-30(37)32(39)31(38)18-22/h2,5,8-9,12-19H,1,3-4H2. The number of hydrogen-bond donors (Lipinski definition) is 0. The van der Waals surface area contributed by atoms with E-state index in [1.807, 2.05) is 0 Å². The van der Waals surface area contributed by atoms with Crippen LogP contribution in [0.1, 0.15) is 39.8 Å². The van der Waals surface area contributed by atoms with Gasteiger partial charge in [0.15, 0.2) is 17.5 Å². The van der Waals surface area contributed by atoms with Crippen LogP contribution in [0, 0.1) is 58.6 Å². The Morgan fingerprint density at radius 3 is 1.83 bits per heavy atom. The molecule has 1 nitrogen and oxygen atoms in total. The smallest absolute Gasteiger partial charge is 0.429 e. The van der Waals surface area contributed by atoms with E-state index < -0.39 is 52.3 Å². The van der Waals surface area contributed by atoms with Crippen molar-refractivity contribution in [2.45, 2.75) is 19.0 Å². The summed E-state index contributed by atoms with van der Waals surface area (Å²) in [7, 11) is 0. The molecule has 0 saturated heterocycles. The van der Waals surface area contributed by atoms with Crippen LogP contribution in [0.2, 0.25) is 0 Å². The molecule has 4 aromatic rings. The molecule has 0 spiro atoms. The number of allylic oxidation sites excluding steroid dienone is 1. The fourth-order valence-electron chi connectivity index (χ4n) is 3.68. The van der Waals surface area contributed by atoms with Crippen LogP contribution < -0.4 is 4.74 Å². The molecule has 0 amide bonds. The van der Waals surface area contributed by atoms with Gasteiger partial charge in [0.1, 0.15) is 28.8 Å². The van der Waals surface area contributed by atoms with E-state index >= 15 is 0 Å². The highest BCUT2D eigenvalue weighted by Gasteiger charge is 2.37. The fourth-order valence-corrected chi connectivity index (χ4v) is 3.68. The van der Waals surface area contributed by atoms with E-state index in [1.165, 1.54) is 12.1 Å². The molecule has 0 saturated carbocycles. The van der Waals surface area contributed by atoms with E-state index in [4.69, 9.17) is 0 Å². The third-order valence-corrected chi connectivity index (χ3v) is 5.81. The summed E-state index contributed by atoms with van der Waals surface area (Å²) in [5.41, 5.74) is -0.997. The van der Waals surface area contributed by atoms with Crippen molar-refractivity contribution in [2.75, 3.05) is 0 Å². The second-order valence-electron chi connectivity index (χ2n) is 8.85. The highest BCUT2D eigenvalue weighted by Crippen LogP contribution is 2.34. The molecule has 0 bridgehead atoms. The number of aryl methyl sites for hydroxylation is 1. The molecule has 42 heavy (non-hydrogen) atoms. The molecule has 0 N–H and O–H groups in total. The van der Waals surface area contributed by atoms with E-state index in [0.29, 0.717) is 31.0 Å². The second-order valence-corrected chi connectivity index (χ2v) is 8.85. The molecule has 0 unspecified atom stereocenters. The lowest BCUT2D eigenvalue weighted by molar-refractivity contribution is -0.187. The zero-order valence-electron chi connectivity index (χ0n) is 21.5. The molecule has 0 aliphatic rings. The Morgan fingerprint density at radius 2 is 1.24 bits per heavy atom. The normalized spacial score (nSPS) is 10.8. The molecule has 212 valence electrons. The van der Waals surface area contributed by atoms with Crippen LogP contribution in [0.4, 0.5) is 35.1 Å². The summed E-state index contributed by atoms with van der Waals surface area (Å²) in [6.07, 6.45) is -1.25. The lowest BCUT2D eigenvalue weighted by Gasteiger charge is -2.19. The minimum Gasteiger partial charge on any atom is -0.429 e. The lowest BCUT2D eigenvalue weighted by atomic mass is 10.1. The van der Waals surface area contributed by atoms with Crippen molar-refractivity contribution >= 4 is 0 Å². The molecule has 0 aliphatic heterocycles. The first-order chi connectivity index (χ1) is 20.0. The van der Waals surface area contributed by atoms with Gasteiger partial charge in [0, 0.05) is 17.2 Å². The average Bonchev–Trinajstić information content (AvgIpc) is 2.93. The Hall–Kier alpha value is -5.02. The highest BCUT2D eigenvalue weighted by atomic mass is 19.3. The van der Waals surface area contributed by atoms with Crippen molar-refractivity contribution in [1.82, 2.24) is 0 Å². The van der Waals surface area contributed by atoms with Crippen molar-refractivity contribution in [3.05, 3.63) is 148 Å². The van der Waals surface area contributed by atoms with Crippen LogP contribution in [0.3, 0.4) is 0 Å². The molecule has 0 radical (unpaired) electrons. The first-order valence-corrected chi connectivity index (χ1v) is 12.2. The Kier molecular flexibility index (Phi) is 9.02. The zero-order valence-corrected chi connectivity index (χ0v) is 21.5. The van der Waals surface area contributed by atoms with Crippen LogP contribution >= 0.6 is 0 Å². The topological polar surface area (TPSA) is 9.23 Å². The third-order valence-electron chi connectivity index (χ3n) is 5.81. The summed E-state index contributed by atoms with van der Waals surface area (Å²) in [6, 6.07) is 10.7. The molecule has 0 aromatic heterocycles. The number of halogens is 8. The second kappa shape index (κ2) is 12.7. The average molecular weight is 582 g/mol. The summed E-state index contributed by atoms with van der Waals surface area (Å²) in [6.45, 7) is 3.61. The monoisotopic (exact) mass is 582 g/mol. The number of hydrogen-bond acceptors (Lipinski definition) is 1. The van der Waals surface area contributed by atoms with E-state index in [0.717, 1.165) is 35.9 Å². The van der Waals surface area contributed by atoms with Gasteiger partial charge >= 0.3 is 6.11 Å². The van der Waals surface area contributed by atoms with Crippen LogP contribution in [-0.4, -0.2) is 0 Å². The quantitative estimate of drug-likeness (QED) is 0.0958. The third kappa shape index (κ3) is 7.18. The summed E-state index contributed by atoms with van der Waals surface area (Å²) in [5.74, 6) is 1.16. The van der Waals surface area contributed by atoms with Gasteiger partial charge in [-0.2, -0.15) is 8.78 Å². The molecule has 9 heteroatoms. The van der Waals surface area contributed by atoms with E-state index in [2.05, 4.69) is 35.0 Å². The Labute approximate surface area is 236 Å². The van der Waals surface area contributed by atoms with Gasteiger partial charge in [-0.15, -0.1) is 6.58 Å². The minimum atomic E-state index is -4.23. The fraction of sp³-hybridized carbons (Fsp3) is 0.0909. The van der Waals surface area contributed by atoms with Crippen LogP contribution in [-0.2, 0) is 12.5 Å². The first-order valence-electron chi connectivity index (χ1n) is 12.2. The molecule has 0 heterocycles. The SMILES string of the molecule is C=CCCc1ccc(C#Cc2ccc(C(F)(F)Oc3ccc(C#Cc4cc(F)c(F)c(F)c4)c(F)c3)c(F)c2)c(F)c1. The predicted octanol–water partition coefficient (Wildman–Crippen LogP) is 8.57. The predicted molar refractivity (Wildman–Crippen MR) is 141 cm³/mol. The Morgan fingerprint density at radius 1 is 0.643 bits per heavy atom. The maximum Gasteiger partial charge on any atom is 0.429 e. The van der Waals surface area contributed by atoms with Crippen LogP contribution in [0.15, 0.2) is 79.4 Å². The van der Waals surface area contributed by atoms with Gasteiger partial charge < -0.3 is 4.74 Å². The highest BCUT2D eigenvalue weighted by molar-refractivity contribution is 5.47. The summed E-state index contributed by atoms with van der Waals surface area (Å²) in [5, 5.41) is 0. The largest absolute Gasteiger partial charge is 0.429 e. The Balaban J connectivity index is 1.49. The van der Waals surface area contributed by atoms with Gasteiger partial charge in [-0.3, -0.25) is 0 Å². The van der Waals surface area contributed by atoms with Crippen LogP contribution in [0.5, 0.6) is 5.75 Å². The van der Waals surface area contributed by atoms with Gasteiger partial charge in [-0.1, -0.05) is 35.8 Å². The number of ether oxygens (including phenoxy) is 1. The molecule has 4 aromatic carbocycles. The maximum absolute atomic E-state index is 14.8. The molecule has 0 fully saturated rings. The van der Waals surface area contributed by atoms with Crippen molar-refractivity contribution in [2.24, 2.45) is 0 Å².